The first-order chi connectivity index (χ1) is 15.4. The van der Waals surface area contributed by atoms with Gasteiger partial charge in [0.1, 0.15) is 6.54 Å². The molecule has 2 aliphatic rings. The number of halogens is 1. The fraction of sp³-hybridized carbons (Fsp3) is 0.538. The number of hydrogen-bond donors (Lipinski definition) is 0. The van der Waals surface area contributed by atoms with Crippen molar-refractivity contribution in [1.82, 2.24) is 9.80 Å². The van der Waals surface area contributed by atoms with Gasteiger partial charge in [-0.1, -0.05) is 49.4 Å². The SMILES string of the molecule is CC(C)N(CC(=O)N1CCc2sccc2C1c1ccc(Cl)cc1)C(=O)CCC1CCCC1. The number of benzene rings is 1. The summed E-state index contributed by atoms with van der Waals surface area (Å²) >= 11 is 7.88. The van der Waals surface area contributed by atoms with Crippen LogP contribution in [0.1, 0.15) is 74.4 Å². The van der Waals surface area contributed by atoms with Crippen LogP contribution in [0.25, 0.3) is 0 Å². The van der Waals surface area contributed by atoms with E-state index in [1.165, 1.54) is 36.1 Å². The lowest BCUT2D eigenvalue weighted by Crippen LogP contribution is -2.48. The molecule has 1 aromatic carbocycles. The van der Waals surface area contributed by atoms with Crippen molar-refractivity contribution in [2.45, 2.75) is 70.9 Å². The Labute approximate surface area is 200 Å². The molecule has 0 radical (unpaired) electrons. The second-order valence-electron chi connectivity index (χ2n) is 9.39. The van der Waals surface area contributed by atoms with Crippen molar-refractivity contribution in [2.24, 2.45) is 5.92 Å². The van der Waals surface area contributed by atoms with E-state index < -0.39 is 0 Å². The number of carbonyl (C=O) groups is 2. The molecule has 4 rings (SSSR count). The topological polar surface area (TPSA) is 40.6 Å². The molecule has 1 saturated carbocycles. The summed E-state index contributed by atoms with van der Waals surface area (Å²) in [7, 11) is 0. The largest absolute Gasteiger partial charge is 0.331 e. The molecule has 2 heterocycles. The molecule has 4 nitrogen and oxygen atoms in total. The molecular weight excluding hydrogens is 440 g/mol. The maximum absolute atomic E-state index is 13.6. The lowest BCUT2D eigenvalue weighted by molar-refractivity contribution is -0.143. The molecule has 2 amide bonds. The van der Waals surface area contributed by atoms with Crippen molar-refractivity contribution in [3.8, 4) is 0 Å². The van der Waals surface area contributed by atoms with Crippen LogP contribution in [0.4, 0.5) is 0 Å². The van der Waals surface area contributed by atoms with Crippen LogP contribution >= 0.6 is 22.9 Å². The standard InChI is InChI=1S/C26H33ClN2O2S/c1-18(2)29(24(30)12-7-19-5-3-4-6-19)17-25(31)28-15-13-23-22(14-16-32-23)26(28)20-8-10-21(27)11-9-20/h8-11,14,16,18-19,26H,3-7,12-13,15,17H2,1-2H3. The van der Waals surface area contributed by atoms with E-state index in [0.29, 0.717) is 23.9 Å². The van der Waals surface area contributed by atoms with Crippen LogP contribution in [0.15, 0.2) is 35.7 Å². The van der Waals surface area contributed by atoms with E-state index in [-0.39, 0.29) is 30.4 Å². The first-order valence-corrected chi connectivity index (χ1v) is 13.1. The number of carbonyl (C=O) groups excluding carboxylic acids is 2. The van der Waals surface area contributed by atoms with Gasteiger partial charge in [0.2, 0.25) is 11.8 Å². The van der Waals surface area contributed by atoms with Gasteiger partial charge >= 0.3 is 0 Å². The number of fused-ring (bicyclic) bond motifs is 1. The van der Waals surface area contributed by atoms with Crippen molar-refractivity contribution < 1.29 is 9.59 Å². The average Bonchev–Trinajstić information content (AvgIpc) is 3.47. The summed E-state index contributed by atoms with van der Waals surface area (Å²) in [5.74, 6) is 0.804. The van der Waals surface area contributed by atoms with Crippen LogP contribution in [0.3, 0.4) is 0 Å². The minimum Gasteiger partial charge on any atom is -0.331 e. The molecule has 0 bridgehead atoms. The number of thiophene rings is 1. The molecule has 0 saturated heterocycles. The van der Waals surface area contributed by atoms with Crippen molar-refractivity contribution in [1.29, 1.82) is 0 Å². The first-order valence-electron chi connectivity index (χ1n) is 11.8. The maximum Gasteiger partial charge on any atom is 0.243 e. The third kappa shape index (κ3) is 5.20. The van der Waals surface area contributed by atoms with Crippen LogP contribution in [0.2, 0.25) is 5.02 Å². The maximum atomic E-state index is 13.6. The van der Waals surface area contributed by atoms with Gasteiger partial charge in [0.15, 0.2) is 0 Å². The van der Waals surface area contributed by atoms with Crippen LogP contribution in [-0.4, -0.2) is 40.7 Å². The predicted molar refractivity (Wildman–Crippen MR) is 131 cm³/mol. The highest BCUT2D eigenvalue weighted by Crippen LogP contribution is 2.38. The number of hydrogen-bond acceptors (Lipinski definition) is 3. The van der Waals surface area contributed by atoms with Crippen molar-refractivity contribution in [3.05, 3.63) is 56.7 Å². The molecule has 0 N–H and O–H groups in total. The van der Waals surface area contributed by atoms with E-state index in [0.717, 1.165) is 18.4 Å². The van der Waals surface area contributed by atoms with Gasteiger partial charge in [0.05, 0.1) is 6.04 Å². The van der Waals surface area contributed by atoms with Gasteiger partial charge in [0, 0.05) is 28.9 Å². The minimum atomic E-state index is -0.127. The van der Waals surface area contributed by atoms with Gasteiger partial charge in [-0.15, -0.1) is 11.3 Å². The summed E-state index contributed by atoms with van der Waals surface area (Å²) < 4.78 is 0. The predicted octanol–water partition coefficient (Wildman–Crippen LogP) is 6.08. The Hall–Kier alpha value is -1.85. The van der Waals surface area contributed by atoms with Crippen molar-refractivity contribution in [3.63, 3.8) is 0 Å². The summed E-state index contributed by atoms with van der Waals surface area (Å²) in [5, 5.41) is 2.79. The fourth-order valence-corrected chi connectivity index (χ4v) is 6.18. The van der Waals surface area contributed by atoms with Gasteiger partial charge in [0.25, 0.3) is 0 Å². The number of rotatable bonds is 7. The van der Waals surface area contributed by atoms with Crippen LogP contribution in [0.5, 0.6) is 0 Å². The van der Waals surface area contributed by atoms with Gasteiger partial charge in [-0.25, -0.2) is 0 Å². The Morgan fingerprint density at radius 2 is 1.88 bits per heavy atom. The van der Waals surface area contributed by atoms with E-state index >= 15 is 0 Å². The summed E-state index contributed by atoms with van der Waals surface area (Å²) in [6.07, 6.45) is 7.42. The summed E-state index contributed by atoms with van der Waals surface area (Å²) in [6, 6.07) is 9.79. The van der Waals surface area contributed by atoms with Crippen LogP contribution in [-0.2, 0) is 16.0 Å². The third-order valence-corrected chi connectivity index (χ3v) is 8.21. The van der Waals surface area contributed by atoms with E-state index in [1.54, 1.807) is 16.2 Å². The zero-order chi connectivity index (χ0) is 22.7. The molecule has 1 aromatic heterocycles. The summed E-state index contributed by atoms with van der Waals surface area (Å²) in [5.41, 5.74) is 2.26. The molecule has 1 unspecified atom stereocenters. The third-order valence-electron chi connectivity index (χ3n) is 6.96. The Bertz CT molecular complexity index is 934. The van der Waals surface area contributed by atoms with Crippen LogP contribution in [0, 0.1) is 5.92 Å². The van der Waals surface area contributed by atoms with E-state index in [9.17, 15) is 9.59 Å². The second-order valence-corrected chi connectivity index (χ2v) is 10.8. The molecule has 32 heavy (non-hydrogen) atoms. The van der Waals surface area contributed by atoms with Gasteiger partial charge in [-0.2, -0.15) is 0 Å². The lowest BCUT2D eigenvalue weighted by Gasteiger charge is -2.38. The van der Waals surface area contributed by atoms with E-state index in [2.05, 4.69) is 11.4 Å². The number of amides is 2. The highest BCUT2D eigenvalue weighted by molar-refractivity contribution is 7.10. The Kier molecular flexibility index (Phi) is 7.57. The molecule has 2 aromatic rings. The lowest BCUT2D eigenvalue weighted by atomic mass is 9.93. The zero-order valence-electron chi connectivity index (χ0n) is 19.1. The fourth-order valence-electron chi connectivity index (χ4n) is 5.16. The van der Waals surface area contributed by atoms with Crippen molar-refractivity contribution >= 4 is 34.8 Å². The summed E-state index contributed by atoms with van der Waals surface area (Å²) in [4.78, 5) is 31.7. The Balaban J connectivity index is 1.50. The molecule has 6 heteroatoms. The molecule has 1 aliphatic heterocycles. The van der Waals surface area contributed by atoms with Gasteiger partial charge < -0.3 is 9.80 Å². The molecule has 0 spiro atoms. The van der Waals surface area contributed by atoms with Crippen molar-refractivity contribution in [2.75, 3.05) is 13.1 Å². The summed E-state index contributed by atoms with van der Waals surface area (Å²) in [6.45, 7) is 4.82. The second kappa shape index (κ2) is 10.4. The Morgan fingerprint density at radius 3 is 2.56 bits per heavy atom. The molecule has 172 valence electrons. The van der Waals surface area contributed by atoms with E-state index in [1.807, 2.05) is 43.0 Å². The van der Waals surface area contributed by atoms with Gasteiger partial charge in [-0.3, -0.25) is 9.59 Å². The zero-order valence-corrected chi connectivity index (χ0v) is 20.6. The quantitative estimate of drug-likeness (QED) is 0.489. The molecule has 1 atom stereocenters. The average molecular weight is 473 g/mol. The Morgan fingerprint density at radius 1 is 1.16 bits per heavy atom. The number of nitrogens with zero attached hydrogens (tertiary/aromatic N) is 2. The smallest absolute Gasteiger partial charge is 0.243 e. The van der Waals surface area contributed by atoms with Gasteiger partial charge in [-0.05, 0) is 67.3 Å². The monoisotopic (exact) mass is 472 g/mol. The van der Waals surface area contributed by atoms with E-state index in [4.69, 9.17) is 11.6 Å². The first kappa shape index (κ1) is 23.3. The minimum absolute atomic E-state index is 0.00510. The normalized spacial score (nSPS) is 18.8. The highest BCUT2D eigenvalue weighted by atomic mass is 35.5. The molecule has 1 aliphatic carbocycles. The van der Waals surface area contributed by atoms with Crippen LogP contribution < -0.4 is 0 Å². The molecule has 1 fully saturated rings. The highest BCUT2D eigenvalue weighted by Gasteiger charge is 2.34. The molecular formula is C26H33ClN2O2S.